The van der Waals surface area contributed by atoms with Gasteiger partial charge in [0.15, 0.2) is 0 Å². The molecule has 0 bridgehead atoms. The molecule has 2 amide bonds. The summed E-state index contributed by atoms with van der Waals surface area (Å²) in [7, 11) is 0. The van der Waals surface area contributed by atoms with Crippen LogP contribution in [0.4, 0.5) is 0 Å². The normalized spacial score (nSPS) is 29.0. The van der Waals surface area contributed by atoms with Crippen LogP contribution in [0.5, 0.6) is 0 Å². The second-order valence-electron chi connectivity index (χ2n) is 3.07. The number of nitrogens with one attached hydrogen (secondary N) is 2. The van der Waals surface area contributed by atoms with Gasteiger partial charge in [-0.25, -0.2) is 0 Å². The smallest absolute Gasteiger partial charge is 0.207 e. The Balaban J connectivity index is 2.41. The van der Waals surface area contributed by atoms with Crippen LogP contribution in [0.15, 0.2) is 0 Å². The summed E-state index contributed by atoms with van der Waals surface area (Å²) in [5.41, 5.74) is 0. The molecular formula is C8H14N2O2. The van der Waals surface area contributed by atoms with Gasteiger partial charge in [0.1, 0.15) is 0 Å². The summed E-state index contributed by atoms with van der Waals surface area (Å²) in [6.07, 6.45) is 5.59. The molecule has 0 aromatic heterocycles. The molecule has 0 unspecified atom stereocenters. The molecule has 0 aliphatic heterocycles. The second kappa shape index (κ2) is 4.74. The van der Waals surface area contributed by atoms with Gasteiger partial charge < -0.3 is 10.6 Å². The van der Waals surface area contributed by atoms with Crippen LogP contribution in [0.2, 0.25) is 0 Å². The van der Waals surface area contributed by atoms with Crippen LogP contribution >= 0.6 is 0 Å². The molecule has 0 radical (unpaired) electrons. The molecule has 0 spiro atoms. The maximum Gasteiger partial charge on any atom is 0.207 e. The van der Waals surface area contributed by atoms with E-state index in [1.54, 1.807) is 0 Å². The average Bonchev–Trinajstić information content (AvgIpc) is 2.09. The monoisotopic (exact) mass is 170 g/mol. The minimum absolute atomic E-state index is 0.126. The Morgan fingerprint density at radius 2 is 1.33 bits per heavy atom. The first-order valence-corrected chi connectivity index (χ1v) is 4.28. The lowest BCUT2D eigenvalue weighted by Gasteiger charge is -2.30. The van der Waals surface area contributed by atoms with Gasteiger partial charge >= 0.3 is 0 Å². The molecule has 4 heteroatoms. The van der Waals surface area contributed by atoms with Crippen LogP contribution < -0.4 is 10.6 Å². The van der Waals surface area contributed by atoms with Gasteiger partial charge in [-0.2, -0.15) is 0 Å². The predicted octanol–water partition coefficient (Wildman–Crippen LogP) is -0.210. The highest BCUT2D eigenvalue weighted by Crippen LogP contribution is 2.17. The molecule has 2 atom stereocenters. The van der Waals surface area contributed by atoms with Gasteiger partial charge in [-0.05, 0) is 12.8 Å². The van der Waals surface area contributed by atoms with Crippen LogP contribution in [-0.4, -0.2) is 24.9 Å². The van der Waals surface area contributed by atoms with Crippen molar-refractivity contribution in [3.05, 3.63) is 0 Å². The third kappa shape index (κ3) is 2.22. The van der Waals surface area contributed by atoms with E-state index in [2.05, 4.69) is 10.6 Å². The molecule has 1 fully saturated rings. The fourth-order valence-electron chi connectivity index (χ4n) is 1.70. The van der Waals surface area contributed by atoms with Gasteiger partial charge in [-0.3, -0.25) is 9.59 Å². The third-order valence-corrected chi connectivity index (χ3v) is 2.33. The van der Waals surface area contributed by atoms with Crippen molar-refractivity contribution in [3.8, 4) is 0 Å². The quantitative estimate of drug-likeness (QED) is 0.573. The van der Waals surface area contributed by atoms with Crippen LogP contribution in [-0.2, 0) is 9.59 Å². The molecule has 0 heterocycles. The Bertz CT molecular complexity index is 143. The molecule has 1 rings (SSSR count). The van der Waals surface area contributed by atoms with E-state index < -0.39 is 0 Å². The molecule has 1 aliphatic carbocycles. The molecule has 2 N–H and O–H groups in total. The van der Waals surface area contributed by atoms with E-state index in [0.29, 0.717) is 12.8 Å². The van der Waals surface area contributed by atoms with Crippen molar-refractivity contribution in [3.63, 3.8) is 0 Å². The maximum absolute atomic E-state index is 10.2. The first kappa shape index (κ1) is 9.03. The van der Waals surface area contributed by atoms with Gasteiger partial charge in [0.05, 0.1) is 0 Å². The highest BCUT2D eigenvalue weighted by molar-refractivity contribution is 5.49. The maximum atomic E-state index is 10.2. The zero-order valence-electron chi connectivity index (χ0n) is 6.95. The topological polar surface area (TPSA) is 58.2 Å². The molecule has 1 saturated carbocycles. The van der Waals surface area contributed by atoms with Crippen LogP contribution in [0.25, 0.3) is 0 Å². The molecule has 68 valence electrons. The Kier molecular flexibility index (Phi) is 3.57. The molecule has 0 saturated heterocycles. The molecule has 0 aromatic carbocycles. The first-order chi connectivity index (χ1) is 5.88. The van der Waals surface area contributed by atoms with Crippen molar-refractivity contribution in [1.29, 1.82) is 0 Å². The Labute approximate surface area is 71.7 Å². The van der Waals surface area contributed by atoms with E-state index in [-0.39, 0.29) is 12.1 Å². The molecular weight excluding hydrogens is 156 g/mol. The lowest BCUT2D eigenvalue weighted by atomic mass is 9.90. The minimum atomic E-state index is 0.126. The van der Waals surface area contributed by atoms with E-state index >= 15 is 0 Å². The zero-order valence-corrected chi connectivity index (χ0v) is 6.95. The van der Waals surface area contributed by atoms with Crippen molar-refractivity contribution in [1.82, 2.24) is 10.6 Å². The lowest BCUT2D eigenvalue weighted by molar-refractivity contribution is -0.113. The van der Waals surface area contributed by atoms with Gasteiger partial charge in [0, 0.05) is 12.1 Å². The summed E-state index contributed by atoms with van der Waals surface area (Å²) < 4.78 is 0. The average molecular weight is 170 g/mol. The van der Waals surface area contributed by atoms with Crippen LogP contribution in [0, 0.1) is 0 Å². The number of carbonyl (C=O) groups excluding carboxylic acids is 2. The summed E-state index contributed by atoms with van der Waals surface area (Å²) in [5.74, 6) is 0. The van der Waals surface area contributed by atoms with Crippen molar-refractivity contribution >= 4 is 12.8 Å². The Morgan fingerprint density at radius 3 is 1.67 bits per heavy atom. The van der Waals surface area contributed by atoms with Gasteiger partial charge in [-0.1, -0.05) is 12.8 Å². The highest BCUT2D eigenvalue weighted by atomic mass is 16.1. The SMILES string of the molecule is O=CN[C@H]1CCCC[C@H]1NC=O. The Hall–Kier alpha value is -1.06. The summed E-state index contributed by atoms with van der Waals surface area (Å²) in [4.78, 5) is 20.4. The summed E-state index contributed by atoms with van der Waals surface area (Å²) in [6.45, 7) is 0. The van der Waals surface area contributed by atoms with Crippen molar-refractivity contribution in [2.24, 2.45) is 0 Å². The standard InChI is InChI=1S/C8H14N2O2/c11-5-9-7-3-1-2-4-8(7)10-6-12/h5-8H,1-4H2,(H,9,11)(H,10,12)/t7-,8+. The molecule has 1 aliphatic rings. The number of rotatable bonds is 4. The van der Waals surface area contributed by atoms with Gasteiger partial charge in [0.25, 0.3) is 0 Å². The fourth-order valence-corrected chi connectivity index (χ4v) is 1.70. The number of hydrogen-bond acceptors (Lipinski definition) is 2. The van der Waals surface area contributed by atoms with E-state index in [9.17, 15) is 9.59 Å². The first-order valence-electron chi connectivity index (χ1n) is 4.28. The van der Waals surface area contributed by atoms with Gasteiger partial charge in [-0.15, -0.1) is 0 Å². The van der Waals surface area contributed by atoms with Crippen LogP contribution in [0.3, 0.4) is 0 Å². The van der Waals surface area contributed by atoms with Gasteiger partial charge in [0.2, 0.25) is 12.8 Å². The second-order valence-corrected chi connectivity index (χ2v) is 3.07. The number of amides is 2. The number of hydrogen-bond donors (Lipinski definition) is 2. The third-order valence-electron chi connectivity index (χ3n) is 2.33. The highest BCUT2D eigenvalue weighted by Gasteiger charge is 2.23. The van der Waals surface area contributed by atoms with Crippen molar-refractivity contribution < 1.29 is 9.59 Å². The van der Waals surface area contributed by atoms with E-state index in [1.165, 1.54) is 0 Å². The van der Waals surface area contributed by atoms with Crippen molar-refractivity contribution in [2.45, 2.75) is 37.8 Å². The van der Waals surface area contributed by atoms with Crippen LogP contribution in [0.1, 0.15) is 25.7 Å². The summed E-state index contributed by atoms with van der Waals surface area (Å²) >= 11 is 0. The minimum Gasteiger partial charge on any atom is -0.354 e. The molecule has 4 nitrogen and oxygen atoms in total. The fraction of sp³-hybridized carbons (Fsp3) is 0.750. The Morgan fingerprint density at radius 1 is 0.917 bits per heavy atom. The summed E-state index contributed by atoms with van der Waals surface area (Å²) in [6, 6.07) is 0.253. The van der Waals surface area contributed by atoms with Crippen molar-refractivity contribution in [2.75, 3.05) is 0 Å². The number of carbonyl (C=O) groups is 2. The molecule has 12 heavy (non-hydrogen) atoms. The van der Waals surface area contributed by atoms with E-state index in [0.717, 1.165) is 25.7 Å². The predicted molar refractivity (Wildman–Crippen MR) is 44.4 cm³/mol. The van der Waals surface area contributed by atoms with E-state index in [1.807, 2.05) is 0 Å². The van der Waals surface area contributed by atoms with E-state index in [4.69, 9.17) is 0 Å². The molecule has 0 aromatic rings. The largest absolute Gasteiger partial charge is 0.354 e. The zero-order chi connectivity index (χ0) is 8.81. The summed E-state index contributed by atoms with van der Waals surface area (Å²) in [5, 5.41) is 5.43. The lowest BCUT2D eigenvalue weighted by Crippen LogP contribution is -2.48.